The number of benzene rings is 1. The number of rotatable bonds is 4. The van der Waals surface area contributed by atoms with Crippen molar-refractivity contribution < 1.29 is 9.47 Å². The van der Waals surface area contributed by atoms with Crippen molar-refractivity contribution in [1.29, 1.82) is 0 Å². The molecule has 1 unspecified atom stereocenters. The number of likely N-dealkylation sites (tertiary alicyclic amines) is 1. The summed E-state index contributed by atoms with van der Waals surface area (Å²) < 4.78 is 11.4. The Morgan fingerprint density at radius 3 is 2.64 bits per heavy atom. The van der Waals surface area contributed by atoms with E-state index in [2.05, 4.69) is 29.3 Å². The second-order valence-corrected chi connectivity index (χ2v) is 8.92. The van der Waals surface area contributed by atoms with Crippen LogP contribution >= 0.6 is 11.6 Å². The summed E-state index contributed by atoms with van der Waals surface area (Å²) in [7, 11) is 0. The van der Waals surface area contributed by atoms with Gasteiger partial charge in [0.05, 0.1) is 13.2 Å². The van der Waals surface area contributed by atoms with Gasteiger partial charge in [0, 0.05) is 55.3 Å². The Bertz CT molecular complexity index is 697. The molecular weight excluding hydrogens is 374 g/mol. The highest BCUT2D eigenvalue weighted by molar-refractivity contribution is 6.31. The maximum absolute atomic E-state index is 6.60. The first-order valence-corrected chi connectivity index (χ1v) is 11.0. The summed E-state index contributed by atoms with van der Waals surface area (Å²) >= 11 is 6.60. The van der Waals surface area contributed by atoms with Crippen molar-refractivity contribution in [3.8, 4) is 0 Å². The molecule has 1 aromatic rings. The smallest absolute Gasteiger partial charge is 0.193 e. The van der Waals surface area contributed by atoms with Crippen molar-refractivity contribution >= 4 is 17.6 Å². The Balaban J connectivity index is 1.56. The minimum atomic E-state index is -0.0505. The largest absolute Gasteiger partial charge is 0.381 e. The molecule has 6 heteroatoms. The Hall–Kier alpha value is -1.30. The summed E-state index contributed by atoms with van der Waals surface area (Å²) in [6, 6.07) is 8.24. The molecule has 3 aliphatic heterocycles. The van der Waals surface area contributed by atoms with Gasteiger partial charge in [-0.1, -0.05) is 29.8 Å². The van der Waals surface area contributed by atoms with Gasteiger partial charge in [0.25, 0.3) is 0 Å². The zero-order valence-corrected chi connectivity index (χ0v) is 17.6. The normalized spacial score (nSPS) is 27.5. The molecule has 4 rings (SSSR count). The fraction of sp³-hybridized carbons (Fsp3) is 0.682. The van der Waals surface area contributed by atoms with Crippen LogP contribution in [0.5, 0.6) is 0 Å². The molecule has 1 aromatic carbocycles. The maximum Gasteiger partial charge on any atom is 0.193 e. The van der Waals surface area contributed by atoms with E-state index < -0.39 is 0 Å². The van der Waals surface area contributed by atoms with Crippen LogP contribution in [-0.4, -0.2) is 63.5 Å². The number of nitrogens with one attached hydrogen (secondary N) is 1. The van der Waals surface area contributed by atoms with E-state index in [4.69, 9.17) is 26.1 Å². The predicted octanol–water partition coefficient (Wildman–Crippen LogP) is 3.47. The summed E-state index contributed by atoms with van der Waals surface area (Å²) in [5, 5.41) is 4.37. The number of nitrogens with zero attached hydrogens (tertiary/aromatic N) is 2. The second kappa shape index (κ2) is 8.60. The minimum absolute atomic E-state index is 0.0505. The third-order valence-electron chi connectivity index (χ3n) is 6.68. The molecule has 1 spiro atoms. The molecule has 0 radical (unpaired) electrons. The maximum atomic E-state index is 6.60. The molecule has 28 heavy (non-hydrogen) atoms. The molecular formula is C22H32ClN3O2. The molecule has 3 saturated heterocycles. The van der Waals surface area contributed by atoms with Gasteiger partial charge in [-0.2, -0.15) is 0 Å². The molecule has 5 nitrogen and oxygen atoms in total. The number of aliphatic imine (C=N–C) groups is 1. The third kappa shape index (κ3) is 4.03. The van der Waals surface area contributed by atoms with E-state index in [1.54, 1.807) is 0 Å². The summed E-state index contributed by atoms with van der Waals surface area (Å²) in [4.78, 5) is 7.57. The van der Waals surface area contributed by atoms with Gasteiger partial charge in [-0.25, -0.2) is 0 Å². The van der Waals surface area contributed by atoms with Crippen LogP contribution < -0.4 is 5.32 Å². The van der Waals surface area contributed by atoms with E-state index in [0.29, 0.717) is 5.41 Å². The summed E-state index contributed by atoms with van der Waals surface area (Å²) in [6.07, 6.45) is 4.28. The van der Waals surface area contributed by atoms with Gasteiger partial charge in [-0.3, -0.25) is 4.99 Å². The lowest BCUT2D eigenvalue weighted by molar-refractivity contribution is 0.0530. The van der Waals surface area contributed by atoms with Crippen LogP contribution in [0.15, 0.2) is 29.3 Å². The quantitative estimate of drug-likeness (QED) is 0.615. The van der Waals surface area contributed by atoms with E-state index in [9.17, 15) is 0 Å². The first kappa shape index (κ1) is 20.0. The van der Waals surface area contributed by atoms with Gasteiger partial charge in [0.15, 0.2) is 5.96 Å². The average Bonchev–Trinajstić information content (AvgIpc) is 3.36. The Kier molecular flexibility index (Phi) is 6.14. The SMILES string of the molecule is CCNC(=NCC1(c2ccccc2Cl)CCOCC1)N1CCC2(CCOC2)C1. The van der Waals surface area contributed by atoms with Crippen LogP contribution in [0.1, 0.15) is 38.2 Å². The molecule has 0 aliphatic carbocycles. The monoisotopic (exact) mass is 405 g/mol. The fourth-order valence-electron chi connectivity index (χ4n) is 4.91. The van der Waals surface area contributed by atoms with E-state index >= 15 is 0 Å². The molecule has 3 fully saturated rings. The van der Waals surface area contributed by atoms with Gasteiger partial charge < -0.3 is 19.7 Å². The Morgan fingerprint density at radius 1 is 1.14 bits per heavy atom. The molecule has 0 amide bonds. The highest BCUT2D eigenvalue weighted by Crippen LogP contribution is 2.40. The molecule has 3 aliphatic rings. The molecule has 0 saturated carbocycles. The van der Waals surface area contributed by atoms with Crippen LogP contribution in [0.4, 0.5) is 0 Å². The number of guanidine groups is 1. The van der Waals surface area contributed by atoms with Crippen molar-refractivity contribution in [1.82, 2.24) is 10.2 Å². The topological polar surface area (TPSA) is 46.1 Å². The first-order valence-electron chi connectivity index (χ1n) is 10.6. The zero-order chi connectivity index (χ0) is 19.5. The highest BCUT2D eigenvalue weighted by Gasteiger charge is 2.42. The number of halogens is 1. The number of ether oxygens (including phenoxy) is 2. The van der Waals surface area contributed by atoms with Crippen molar-refractivity contribution in [2.24, 2.45) is 10.4 Å². The van der Waals surface area contributed by atoms with Crippen LogP contribution in [0.2, 0.25) is 5.02 Å². The predicted molar refractivity (Wildman–Crippen MR) is 113 cm³/mol. The zero-order valence-electron chi connectivity index (χ0n) is 16.9. The summed E-state index contributed by atoms with van der Waals surface area (Å²) in [5.41, 5.74) is 1.49. The summed E-state index contributed by atoms with van der Waals surface area (Å²) in [5.74, 6) is 1.03. The minimum Gasteiger partial charge on any atom is -0.381 e. The lowest BCUT2D eigenvalue weighted by Gasteiger charge is -2.37. The standard InChI is InChI=1S/C22H32ClN3O2/c1-2-24-20(26-11-7-21(16-26)8-12-28-17-21)25-15-22(9-13-27-14-10-22)18-5-3-4-6-19(18)23/h3-6H,2,7-17H2,1H3,(H,24,25). The molecule has 0 bridgehead atoms. The number of hydrogen-bond donors (Lipinski definition) is 1. The fourth-order valence-corrected chi connectivity index (χ4v) is 5.24. The van der Waals surface area contributed by atoms with Crippen LogP contribution in [0.25, 0.3) is 0 Å². The van der Waals surface area contributed by atoms with Crippen molar-refractivity contribution in [2.75, 3.05) is 52.6 Å². The third-order valence-corrected chi connectivity index (χ3v) is 7.01. The first-order chi connectivity index (χ1) is 13.7. The molecule has 0 aromatic heterocycles. The van der Waals surface area contributed by atoms with Crippen LogP contribution in [-0.2, 0) is 14.9 Å². The van der Waals surface area contributed by atoms with Crippen molar-refractivity contribution in [3.05, 3.63) is 34.9 Å². The number of hydrogen-bond acceptors (Lipinski definition) is 3. The Morgan fingerprint density at radius 2 is 1.93 bits per heavy atom. The van der Waals surface area contributed by atoms with E-state index in [1.807, 2.05) is 12.1 Å². The van der Waals surface area contributed by atoms with Gasteiger partial charge in [-0.15, -0.1) is 0 Å². The van der Waals surface area contributed by atoms with Crippen LogP contribution in [0.3, 0.4) is 0 Å². The average molecular weight is 406 g/mol. The van der Waals surface area contributed by atoms with Crippen LogP contribution in [0, 0.1) is 5.41 Å². The van der Waals surface area contributed by atoms with E-state index in [0.717, 1.165) is 76.4 Å². The highest BCUT2D eigenvalue weighted by atomic mass is 35.5. The van der Waals surface area contributed by atoms with E-state index in [1.165, 1.54) is 18.4 Å². The summed E-state index contributed by atoms with van der Waals surface area (Å²) in [6.45, 7) is 9.17. The van der Waals surface area contributed by atoms with Gasteiger partial charge in [-0.05, 0) is 44.2 Å². The van der Waals surface area contributed by atoms with Crippen molar-refractivity contribution in [2.45, 2.75) is 38.0 Å². The second-order valence-electron chi connectivity index (χ2n) is 8.52. The van der Waals surface area contributed by atoms with Gasteiger partial charge >= 0.3 is 0 Å². The van der Waals surface area contributed by atoms with Crippen molar-refractivity contribution in [3.63, 3.8) is 0 Å². The lowest BCUT2D eigenvalue weighted by atomic mass is 9.74. The van der Waals surface area contributed by atoms with E-state index in [-0.39, 0.29) is 5.41 Å². The van der Waals surface area contributed by atoms with Gasteiger partial charge in [0.2, 0.25) is 0 Å². The molecule has 1 N–H and O–H groups in total. The Labute approximate surface area is 173 Å². The lowest BCUT2D eigenvalue weighted by Crippen LogP contribution is -2.43. The molecule has 3 heterocycles. The molecule has 1 atom stereocenters. The molecule has 154 valence electrons. The van der Waals surface area contributed by atoms with Gasteiger partial charge in [0.1, 0.15) is 0 Å².